The van der Waals surface area contributed by atoms with Gasteiger partial charge in [-0.25, -0.2) is 28.1 Å². The number of hydrogen-bond donors (Lipinski definition) is 2. The van der Waals surface area contributed by atoms with Crippen molar-refractivity contribution in [2.24, 2.45) is 5.73 Å². The molecule has 1 saturated heterocycles. The zero-order valence-corrected chi connectivity index (χ0v) is 21.9. The Morgan fingerprint density at radius 3 is 2.79 bits per heavy atom. The van der Waals surface area contributed by atoms with E-state index in [0.717, 1.165) is 30.6 Å². The third-order valence-electron chi connectivity index (χ3n) is 6.28. The fourth-order valence-corrected chi connectivity index (χ4v) is 4.54. The predicted molar refractivity (Wildman–Crippen MR) is 145 cm³/mol. The molecule has 1 aromatic carbocycles. The van der Waals surface area contributed by atoms with Crippen LogP contribution in [-0.4, -0.2) is 57.4 Å². The Bertz CT molecular complexity index is 1420. The Morgan fingerprint density at radius 1 is 1.18 bits per heavy atom. The second kappa shape index (κ2) is 12.3. The number of aromatic nitrogens is 5. The van der Waals surface area contributed by atoms with E-state index in [4.69, 9.17) is 10.5 Å². The molecule has 4 heterocycles. The monoisotopic (exact) mass is 560 g/mol. The smallest absolute Gasteiger partial charge is 0.257 e. The summed E-state index contributed by atoms with van der Waals surface area (Å²) < 4.78 is 46.8. The number of nitrogens with two attached hydrogens (primary N) is 1. The first-order valence-electron chi connectivity index (χ1n) is 12.2. The second-order valence-corrected chi connectivity index (χ2v) is 8.98. The van der Waals surface area contributed by atoms with E-state index < -0.39 is 18.8 Å². The maximum absolute atomic E-state index is 14.6. The summed E-state index contributed by atoms with van der Waals surface area (Å²) in [7, 11) is 1.46. The van der Waals surface area contributed by atoms with Gasteiger partial charge in [-0.1, -0.05) is 6.07 Å². The van der Waals surface area contributed by atoms with Crippen LogP contribution in [0.25, 0.3) is 22.5 Å². The Hall–Kier alpha value is -3.90. The fraction of sp³-hybridized carbons (Fsp3) is 0.308. The van der Waals surface area contributed by atoms with Crippen LogP contribution in [0.15, 0.2) is 55.1 Å². The number of benzene rings is 1. The standard InChI is InChI=1S/C26H27F3N8O.ClH/c1-38-21-6-2-5-19(27)25(21)26-31-8-7-23(35-26)34-24-10-20(36-9-3-4-17(30)14-36)18(12-32-24)16-11-33-37(13-16)15-22(28)29;/h2,5-8,10-13,17,22H,3-4,9,14-15,30H2,1H3,(H,31,32,34,35);1H/t17-;/m0./s1. The van der Waals surface area contributed by atoms with Gasteiger partial charge < -0.3 is 20.7 Å². The number of anilines is 3. The van der Waals surface area contributed by atoms with Gasteiger partial charge >= 0.3 is 0 Å². The largest absolute Gasteiger partial charge is 0.496 e. The Kier molecular flexibility index (Phi) is 8.87. The van der Waals surface area contributed by atoms with Crippen LogP contribution in [0.5, 0.6) is 5.75 Å². The molecule has 0 radical (unpaired) electrons. The Labute approximate surface area is 229 Å². The molecule has 1 fully saturated rings. The van der Waals surface area contributed by atoms with Crippen LogP contribution < -0.4 is 20.7 Å². The fourth-order valence-electron chi connectivity index (χ4n) is 4.54. The summed E-state index contributed by atoms with van der Waals surface area (Å²) >= 11 is 0. The summed E-state index contributed by atoms with van der Waals surface area (Å²) in [6, 6.07) is 8.04. The lowest BCUT2D eigenvalue weighted by Crippen LogP contribution is -2.43. The number of nitrogens with zero attached hydrogens (tertiary/aromatic N) is 6. The van der Waals surface area contributed by atoms with E-state index in [1.807, 2.05) is 6.07 Å². The van der Waals surface area contributed by atoms with Crippen LogP contribution in [0.2, 0.25) is 0 Å². The number of methoxy groups -OCH3 is 1. The number of halogens is 4. The van der Waals surface area contributed by atoms with Gasteiger partial charge in [0, 0.05) is 60.6 Å². The summed E-state index contributed by atoms with van der Waals surface area (Å²) in [4.78, 5) is 15.4. The molecule has 4 aromatic rings. The van der Waals surface area contributed by atoms with Crippen molar-refractivity contribution < 1.29 is 17.9 Å². The van der Waals surface area contributed by atoms with Gasteiger partial charge in [-0.15, -0.1) is 12.4 Å². The zero-order chi connectivity index (χ0) is 26.6. The van der Waals surface area contributed by atoms with Crippen molar-refractivity contribution in [3.05, 3.63) is 60.9 Å². The normalized spacial score (nSPS) is 15.2. The highest BCUT2D eigenvalue weighted by Crippen LogP contribution is 2.35. The molecule has 39 heavy (non-hydrogen) atoms. The molecule has 0 saturated carbocycles. The number of ether oxygens (including phenoxy) is 1. The number of pyridine rings is 1. The molecule has 0 bridgehead atoms. The lowest BCUT2D eigenvalue weighted by molar-refractivity contribution is 0.122. The van der Waals surface area contributed by atoms with Gasteiger partial charge in [0.2, 0.25) is 0 Å². The summed E-state index contributed by atoms with van der Waals surface area (Å²) in [5, 5.41) is 7.24. The molecule has 9 nitrogen and oxygen atoms in total. The third-order valence-corrected chi connectivity index (χ3v) is 6.28. The summed E-state index contributed by atoms with van der Waals surface area (Å²) in [5.41, 5.74) is 8.68. The number of hydrogen-bond acceptors (Lipinski definition) is 8. The van der Waals surface area contributed by atoms with Gasteiger partial charge in [-0.2, -0.15) is 5.10 Å². The van der Waals surface area contributed by atoms with Gasteiger partial charge in [-0.05, 0) is 31.0 Å². The van der Waals surface area contributed by atoms with Gasteiger partial charge in [0.25, 0.3) is 6.43 Å². The van der Waals surface area contributed by atoms with E-state index in [-0.39, 0.29) is 29.8 Å². The molecular weight excluding hydrogens is 533 g/mol. The van der Waals surface area contributed by atoms with Gasteiger partial charge in [0.05, 0.1) is 18.9 Å². The molecule has 0 amide bonds. The van der Waals surface area contributed by atoms with Crippen LogP contribution in [0, 0.1) is 5.82 Å². The highest BCUT2D eigenvalue weighted by molar-refractivity contribution is 5.85. The van der Waals surface area contributed by atoms with Crippen molar-refractivity contribution in [1.82, 2.24) is 24.7 Å². The van der Waals surface area contributed by atoms with E-state index >= 15 is 0 Å². The van der Waals surface area contributed by atoms with Gasteiger partial charge in [0.15, 0.2) is 5.82 Å². The van der Waals surface area contributed by atoms with Crippen LogP contribution in [0.3, 0.4) is 0 Å². The third kappa shape index (κ3) is 6.40. The zero-order valence-electron chi connectivity index (χ0n) is 21.1. The Balaban J connectivity index is 0.00000353. The number of piperidine rings is 1. The Morgan fingerprint density at radius 2 is 2.03 bits per heavy atom. The van der Waals surface area contributed by atoms with Gasteiger partial charge in [-0.3, -0.25) is 4.68 Å². The van der Waals surface area contributed by atoms with E-state index in [1.165, 1.54) is 24.1 Å². The van der Waals surface area contributed by atoms with E-state index in [2.05, 4.69) is 30.3 Å². The van der Waals surface area contributed by atoms with Crippen LogP contribution in [0.4, 0.5) is 30.5 Å². The maximum Gasteiger partial charge on any atom is 0.257 e. The van der Waals surface area contributed by atoms with Crippen molar-refractivity contribution >= 4 is 29.7 Å². The van der Waals surface area contributed by atoms with E-state index in [0.29, 0.717) is 29.5 Å². The lowest BCUT2D eigenvalue weighted by atomic mass is 10.0. The molecular formula is C26H28ClF3N8O. The molecule has 1 atom stereocenters. The molecule has 3 N–H and O–H groups in total. The molecule has 0 unspecified atom stereocenters. The second-order valence-electron chi connectivity index (χ2n) is 8.98. The molecule has 1 aliphatic heterocycles. The highest BCUT2D eigenvalue weighted by Gasteiger charge is 2.22. The molecule has 0 aliphatic carbocycles. The highest BCUT2D eigenvalue weighted by atomic mass is 35.5. The summed E-state index contributed by atoms with van der Waals surface area (Å²) in [5.74, 6) is 0.885. The van der Waals surface area contributed by atoms with E-state index in [9.17, 15) is 13.2 Å². The molecule has 1 aliphatic rings. The minimum absolute atomic E-state index is 0. The lowest BCUT2D eigenvalue weighted by Gasteiger charge is -2.34. The van der Waals surface area contributed by atoms with Gasteiger partial charge in [0.1, 0.15) is 29.7 Å². The van der Waals surface area contributed by atoms with E-state index in [1.54, 1.807) is 36.8 Å². The molecule has 13 heteroatoms. The SMILES string of the molecule is COc1cccc(F)c1-c1nccc(Nc2cc(N3CCC[C@H](N)C3)c(-c3cnn(CC(F)F)c3)cn2)n1.Cl. The first kappa shape index (κ1) is 28.1. The minimum Gasteiger partial charge on any atom is -0.496 e. The minimum atomic E-state index is -2.51. The average Bonchev–Trinajstić information content (AvgIpc) is 3.36. The predicted octanol–water partition coefficient (Wildman–Crippen LogP) is 4.91. The van der Waals surface area contributed by atoms with Crippen molar-refractivity contribution in [3.8, 4) is 28.3 Å². The molecule has 5 rings (SSSR count). The van der Waals surface area contributed by atoms with Crippen LogP contribution >= 0.6 is 12.4 Å². The molecule has 0 spiro atoms. The van der Waals surface area contributed by atoms with Crippen LogP contribution in [0.1, 0.15) is 12.8 Å². The van der Waals surface area contributed by atoms with Crippen LogP contribution in [-0.2, 0) is 6.54 Å². The number of rotatable bonds is 8. The molecule has 206 valence electrons. The van der Waals surface area contributed by atoms with Crippen molar-refractivity contribution in [3.63, 3.8) is 0 Å². The topological polar surface area (TPSA) is 107 Å². The summed E-state index contributed by atoms with van der Waals surface area (Å²) in [6.45, 7) is 0.951. The van der Waals surface area contributed by atoms with Crippen molar-refractivity contribution in [2.45, 2.75) is 31.9 Å². The quantitative estimate of drug-likeness (QED) is 0.313. The number of nitrogens with one attached hydrogen (secondary N) is 1. The average molecular weight is 561 g/mol. The van der Waals surface area contributed by atoms with Crippen molar-refractivity contribution in [2.75, 3.05) is 30.4 Å². The number of alkyl halides is 2. The first-order chi connectivity index (χ1) is 18.4. The van der Waals surface area contributed by atoms with Crippen molar-refractivity contribution in [1.29, 1.82) is 0 Å². The molecule has 3 aromatic heterocycles. The maximum atomic E-state index is 14.6. The summed E-state index contributed by atoms with van der Waals surface area (Å²) in [6.07, 6.45) is 5.68. The first-order valence-corrected chi connectivity index (χ1v) is 12.2.